The number of unbranched alkanes of at least 4 members (excludes halogenated alkanes) is 1. The molecule has 0 unspecified atom stereocenters. The highest BCUT2D eigenvalue weighted by Crippen LogP contribution is 2.23. The fraction of sp³-hybridized carbons (Fsp3) is 0.261. The van der Waals surface area contributed by atoms with E-state index in [2.05, 4.69) is 15.3 Å². The number of aliphatic carboxylic acids is 1. The van der Waals surface area contributed by atoms with Crippen molar-refractivity contribution in [3.63, 3.8) is 0 Å². The summed E-state index contributed by atoms with van der Waals surface area (Å²) in [6.45, 7) is 2.55. The summed E-state index contributed by atoms with van der Waals surface area (Å²) >= 11 is 0. The van der Waals surface area contributed by atoms with Crippen LogP contribution in [0.5, 0.6) is 5.75 Å². The molecule has 1 atom stereocenters. The van der Waals surface area contributed by atoms with Crippen LogP contribution in [0.15, 0.2) is 67.0 Å². The Labute approximate surface area is 170 Å². The second kappa shape index (κ2) is 10.2. The first kappa shape index (κ1) is 20.3. The maximum absolute atomic E-state index is 11.4. The quantitative estimate of drug-likeness (QED) is 0.517. The number of nitrogens with zero attached hydrogens (tertiary/aromatic N) is 2. The molecule has 150 valence electrons. The van der Waals surface area contributed by atoms with E-state index in [1.54, 1.807) is 6.07 Å². The maximum atomic E-state index is 11.4. The summed E-state index contributed by atoms with van der Waals surface area (Å²) in [7, 11) is 0. The molecule has 0 saturated heterocycles. The zero-order chi connectivity index (χ0) is 20.5. The normalized spacial score (nSPS) is 11.6. The second-order valence-corrected chi connectivity index (χ2v) is 6.76. The number of rotatable bonds is 10. The summed E-state index contributed by atoms with van der Waals surface area (Å²) in [5.74, 6) is 0.400. The molecule has 0 aliphatic carbocycles. The number of carboxylic acids is 1. The molecule has 0 fully saturated rings. The molecule has 1 aromatic heterocycles. The van der Waals surface area contributed by atoms with Gasteiger partial charge >= 0.3 is 5.97 Å². The van der Waals surface area contributed by atoms with Crippen LogP contribution in [0.25, 0.3) is 11.3 Å². The Balaban J connectivity index is 1.65. The fourth-order valence-corrected chi connectivity index (χ4v) is 2.90. The van der Waals surface area contributed by atoms with Gasteiger partial charge in [0.2, 0.25) is 0 Å². The minimum atomic E-state index is -0.876. The number of hydrogen-bond donors (Lipinski definition) is 2. The van der Waals surface area contributed by atoms with Gasteiger partial charge in [-0.15, -0.1) is 0 Å². The molecule has 6 nitrogen and oxygen atoms in total. The van der Waals surface area contributed by atoms with Gasteiger partial charge in [0.1, 0.15) is 30.5 Å². The average Bonchev–Trinajstić information content (AvgIpc) is 2.76. The van der Waals surface area contributed by atoms with Crippen LogP contribution in [0.4, 0.5) is 5.82 Å². The van der Waals surface area contributed by atoms with Crippen molar-refractivity contribution in [2.75, 3.05) is 5.32 Å². The SMILES string of the molecule is CCCC[C@@H](Nc1cc(-c2ccc(OCc3ccccc3)cc2)ncn1)C(=O)O. The molecule has 0 saturated carbocycles. The minimum absolute atomic E-state index is 0.503. The number of carboxylic acid groups (broad SMARTS) is 1. The lowest BCUT2D eigenvalue weighted by molar-refractivity contribution is -0.138. The third-order valence-electron chi connectivity index (χ3n) is 4.53. The molecule has 3 aromatic rings. The van der Waals surface area contributed by atoms with Gasteiger partial charge in [0.15, 0.2) is 0 Å². The third-order valence-corrected chi connectivity index (χ3v) is 4.53. The molecule has 0 aliphatic rings. The van der Waals surface area contributed by atoms with Gasteiger partial charge in [-0.25, -0.2) is 14.8 Å². The van der Waals surface area contributed by atoms with E-state index in [-0.39, 0.29) is 0 Å². The average molecular weight is 391 g/mol. The van der Waals surface area contributed by atoms with E-state index in [0.29, 0.717) is 18.8 Å². The molecular weight excluding hydrogens is 366 g/mol. The number of carbonyl (C=O) groups is 1. The fourth-order valence-electron chi connectivity index (χ4n) is 2.90. The lowest BCUT2D eigenvalue weighted by Crippen LogP contribution is -2.29. The van der Waals surface area contributed by atoms with Gasteiger partial charge in [-0.3, -0.25) is 0 Å². The zero-order valence-electron chi connectivity index (χ0n) is 16.4. The molecule has 0 radical (unpaired) electrons. The van der Waals surface area contributed by atoms with Gasteiger partial charge in [-0.05, 0) is 36.2 Å². The second-order valence-electron chi connectivity index (χ2n) is 6.76. The van der Waals surface area contributed by atoms with Crippen LogP contribution in [-0.4, -0.2) is 27.1 Å². The largest absolute Gasteiger partial charge is 0.489 e. The number of benzene rings is 2. The molecule has 2 N–H and O–H groups in total. The molecule has 2 aromatic carbocycles. The Morgan fingerprint density at radius 3 is 2.55 bits per heavy atom. The Kier molecular flexibility index (Phi) is 7.16. The lowest BCUT2D eigenvalue weighted by atomic mass is 10.1. The summed E-state index contributed by atoms with van der Waals surface area (Å²) in [5, 5.41) is 12.4. The lowest BCUT2D eigenvalue weighted by Gasteiger charge is -2.15. The van der Waals surface area contributed by atoms with Crippen LogP contribution >= 0.6 is 0 Å². The smallest absolute Gasteiger partial charge is 0.326 e. The molecule has 0 aliphatic heterocycles. The van der Waals surface area contributed by atoms with E-state index < -0.39 is 12.0 Å². The van der Waals surface area contributed by atoms with E-state index >= 15 is 0 Å². The maximum Gasteiger partial charge on any atom is 0.326 e. The molecule has 0 spiro atoms. The van der Waals surface area contributed by atoms with Gasteiger partial charge in [-0.2, -0.15) is 0 Å². The van der Waals surface area contributed by atoms with Gasteiger partial charge in [-0.1, -0.05) is 50.1 Å². The Morgan fingerprint density at radius 1 is 1.10 bits per heavy atom. The van der Waals surface area contributed by atoms with Crippen molar-refractivity contribution >= 4 is 11.8 Å². The summed E-state index contributed by atoms with van der Waals surface area (Å²) in [6, 6.07) is 18.8. The summed E-state index contributed by atoms with van der Waals surface area (Å²) < 4.78 is 5.81. The Morgan fingerprint density at radius 2 is 1.86 bits per heavy atom. The first-order valence-corrected chi connectivity index (χ1v) is 9.74. The molecular formula is C23H25N3O3. The summed E-state index contributed by atoms with van der Waals surface area (Å²) in [6.07, 6.45) is 3.78. The predicted molar refractivity (Wildman–Crippen MR) is 113 cm³/mol. The Bertz CT molecular complexity index is 914. The molecule has 3 rings (SSSR count). The number of nitrogens with one attached hydrogen (secondary N) is 1. The van der Waals surface area contributed by atoms with Crippen LogP contribution in [0.1, 0.15) is 31.7 Å². The highest BCUT2D eigenvalue weighted by atomic mass is 16.5. The van der Waals surface area contributed by atoms with Crippen LogP contribution in [0.2, 0.25) is 0 Å². The third kappa shape index (κ3) is 6.04. The minimum Gasteiger partial charge on any atom is -0.489 e. The van der Waals surface area contributed by atoms with Gasteiger partial charge in [0, 0.05) is 11.6 Å². The first-order valence-electron chi connectivity index (χ1n) is 9.74. The summed E-state index contributed by atoms with van der Waals surface area (Å²) in [5.41, 5.74) is 2.74. The first-order chi connectivity index (χ1) is 14.2. The van der Waals surface area contributed by atoms with Crippen LogP contribution in [-0.2, 0) is 11.4 Å². The van der Waals surface area contributed by atoms with Crippen LogP contribution in [0, 0.1) is 0 Å². The van der Waals surface area contributed by atoms with Crippen molar-refractivity contribution in [1.82, 2.24) is 9.97 Å². The van der Waals surface area contributed by atoms with Gasteiger partial charge < -0.3 is 15.2 Å². The molecule has 1 heterocycles. The van der Waals surface area contributed by atoms with E-state index in [4.69, 9.17) is 4.74 Å². The van der Waals surface area contributed by atoms with E-state index in [0.717, 1.165) is 35.4 Å². The number of ether oxygens (including phenoxy) is 1. The van der Waals surface area contributed by atoms with Crippen molar-refractivity contribution in [2.24, 2.45) is 0 Å². The van der Waals surface area contributed by atoms with Crippen molar-refractivity contribution in [2.45, 2.75) is 38.8 Å². The molecule has 0 amide bonds. The monoisotopic (exact) mass is 391 g/mol. The topological polar surface area (TPSA) is 84.3 Å². The number of anilines is 1. The molecule has 29 heavy (non-hydrogen) atoms. The number of hydrogen-bond acceptors (Lipinski definition) is 5. The van der Waals surface area contributed by atoms with Crippen molar-refractivity contribution in [3.8, 4) is 17.0 Å². The Hall–Kier alpha value is -3.41. The predicted octanol–water partition coefficient (Wildman–Crippen LogP) is 4.78. The van der Waals surface area contributed by atoms with Crippen molar-refractivity contribution in [3.05, 3.63) is 72.6 Å². The molecule has 0 bridgehead atoms. The highest BCUT2D eigenvalue weighted by Gasteiger charge is 2.17. The van der Waals surface area contributed by atoms with Crippen LogP contribution < -0.4 is 10.1 Å². The van der Waals surface area contributed by atoms with E-state index in [9.17, 15) is 9.90 Å². The summed E-state index contributed by atoms with van der Waals surface area (Å²) in [4.78, 5) is 19.9. The van der Waals surface area contributed by atoms with Crippen LogP contribution in [0.3, 0.4) is 0 Å². The molecule has 6 heteroatoms. The highest BCUT2D eigenvalue weighted by molar-refractivity contribution is 5.77. The van der Waals surface area contributed by atoms with E-state index in [1.807, 2.05) is 61.5 Å². The number of aromatic nitrogens is 2. The van der Waals surface area contributed by atoms with Gasteiger partial charge in [0.25, 0.3) is 0 Å². The standard InChI is InChI=1S/C23H25N3O3/c1-2-3-9-20(23(27)28)26-22-14-21(24-16-25-22)18-10-12-19(13-11-18)29-15-17-7-5-4-6-8-17/h4-8,10-14,16,20H,2-3,9,15H2,1H3,(H,27,28)(H,24,25,26)/t20-/m1/s1. The zero-order valence-corrected chi connectivity index (χ0v) is 16.4. The van der Waals surface area contributed by atoms with Crippen molar-refractivity contribution in [1.29, 1.82) is 0 Å². The van der Waals surface area contributed by atoms with Crippen molar-refractivity contribution < 1.29 is 14.6 Å². The van der Waals surface area contributed by atoms with E-state index in [1.165, 1.54) is 6.33 Å². The van der Waals surface area contributed by atoms with Gasteiger partial charge in [0.05, 0.1) is 5.69 Å².